The Labute approximate surface area is 301 Å². The van der Waals surface area contributed by atoms with Crippen LogP contribution < -0.4 is 19.3 Å². The number of piperazine rings is 1. The zero-order valence-corrected chi connectivity index (χ0v) is 30.1. The second kappa shape index (κ2) is 15.4. The Morgan fingerprint density at radius 1 is 0.843 bits per heavy atom. The first-order chi connectivity index (χ1) is 24.8. The molecule has 8 heteroatoms. The molecule has 0 bridgehead atoms. The molecular weight excluding hydrogens is 641 g/mol. The van der Waals surface area contributed by atoms with E-state index in [4.69, 9.17) is 9.47 Å². The van der Waals surface area contributed by atoms with Crippen molar-refractivity contribution in [1.82, 2.24) is 4.90 Å². The number of phenols is 1. The second-order valence-electron chi connectivity index (χ2n) is 14.3. The van der Waals surface area contributed by atoms with Crippen molar-refractivity contribution in [2.24, 2.45) is 5.92 Å². The van der Waals surface area contributed by atoms with Gasteiger partial charge in [-0.15, -0.1) is 0 Å². The summed E-state index contributed by atoms with van der Waals surface area (Å²) in [7, 11) is 1.49. The topological polar surface area (TPSA) is 65.5 Å². The van der Waals surface area contributed by atoms with E-state index in [1.807, 2.05) is 25.1 Å². The van der Waals surface area contributed by atoms with E-state index < -0.39 is 0 Å². The number of Topliss-reactive ketones (excluding diaryl/α,β-unsaturated/α-hetero) is 1. The number of ketones is 1. The maximum absolute atomic E-state index is 14.3. The van der Waals surface area contributed by atoms with Crippen LogP contribution in [0.2, 0.25) is 0 Å². The van der Waals surface area contributed by atoms with Crippen LogP contribution in [-0.4, -0.2) is 75.3 Å². The molecule has 3 heterocycles. The smallest absolute Gasteiger partial charge is 0.165 e. The number of nitrogens with zero attached hydrogens (tertiary/aromatic N) is 3. The number of phenolic OH excluding ortho intramolecular Hbond substituents is 1. The number of piperidine rings is 1. The van der Waals surface area contributed by atoms with Gasteiger partial charge < -0.3 is 24.4 Å². The van der Waals surface area contributed by atoms with E-state index in [-0.39, 0.29) is 34.9 Å². The van der Waals surface area contributed by atoms with Crippen molar-refractivity contribution in [3.63, 3.8) is 0 Å². The Morgan fingerprint density at radius 3 is 2.25 bits per heavy atom. The number of aryl methyl sites for hydroxylation is 1. The van der Waals surface area contributed by atoms with Gasteiger partial charge in [-0.05, 0) is 90.4 Å². The molecule has 0 saturated carbocycles. The molecule has 268 valence electrons. The van der Waals surface area contributed by atoms with E-state index >= 15 is 0 Å². The molecule has 4 aromatic rings. The number of hydrogen-bond donors (Lipinski definition) is 1. The molecule has 4 aromatic carbocycles. The van der Waals surface area contributed by atoms with E-state index in [1.165, 1.54) is 37.4 Å². The van der Waals surface area contributed by atoms with Crippen molar-refractivity contribution in [2.75, 3.05) is 69.3 Å². The standard InChI is InChI=1S/C43H50FN3O4/c1-4-30-24-34(11-13-36(30)40(49)5-2)47-22-20-45(21-23-47)27-29-16-18-46(19-17-29)33-9-6-31(7-10-33)43-37-14-12-35(48)26-41(37)51-28-38(43)32-8-15-39(44)42(25-32)50-3/h6-15,24-26,29,38,43,48H,4-5,16-23,27-28H2,1-3H3/t38-,43-/m1/s1. The number of aromatic hydroxyl groups is 1. The summed E-state index contributed by atoms with van der Waals surface area (Å²) in [6.45, 7) is 11.9. The van der Waals surface area contributed by atoms with Gasteiger partial charge >= 0.3 is 0 Å². The van der Waals surface area contributed by atoms with Gasteiger partial charge in [0.05, 0.1) is 13.7 Å². The lowest BCUT2D eigenvalue weighted by molar-refractivity contribution is 0.0987. The van der Waals surface area contributed by atoms with Crippen LogP contribution in [0, 0.1) is 11.7 Å². The number of rotatable bonds is 10. The van der Waals surface area contributed by atoms with E-state index in [9.17, 15) is 14.3 Å². The van der Waals surface area contributed by atoms with Crippen LogP contribution in [0.4, 0.5) is 15.8 Å². The van der Waals surface area contributed by atoms with Crippen molar-refractivity contribution in [3.8, 4) is 17.2 Å². The summed E-state index contributed by atoms with van der Waals surface area (Å²) >= 11 is 0. The minimum atomic E-state index is -0.384. The maximum atomic E-state index is 14.3. The molecule has 3 aliphatic heterocycles. The molecule has 7 nitrogen and oxygen atoms in total. The monoisotopic (exact) mass is 691 g/mol. The van der Waals surface area contributed by atoms with Crippen molar-refractivity contribution < 1.29 is 23.8 Å². The highest BCUT2D eigenvalue weighted by Gasteiger charge is 2.34. The number of ether oxygens (including phenoxy) is 2. The fourth-order valence-electron chi connectivity index (χ4n) is 8.36. The van der Waals surface area contributed by atoms with Crippen LogP contribution in [0.15, 0.2) is 78.9 Å². The van der Waals surface area contributed by atoms with Gasteiger partial charge in [-0.25, -0.2) is 4.39 Å². The third-order valence-electron chi connectivity index (χ3n) is 11.3. The Morgan fingerprint density at radius 2 is 1.55 bits per heavy atom. The van der Waals surface area contributed by atoms with E-state index in [0.29, 0.717) is 24.7 Å². The zero-order valence-electron chi connectivity index (χ0n) is 30.1. The van der Waals surface area contributed by atoms with Crippen molar-refractivity contribution in [1.29, 1.82) is 0 Å². The molecule has 1 N–H and O–H groups in total. The number of hydrogen-bond acceptors (Lipinski definition) is 7. The molecule has 7 rings (SSSR count). The lowest BCUT2D eigenvalue weighted by Crippen LogP contribution is -2.49. The highest BCUT2D eigenvalue weighted by Crippen LogP contribution is 2.47. The number of fused-ring (bicyclic) bond motifs is 1. The molecule has 0 aliphatic carbocycles. The number of benzene rings is 4. The molecule has 2 saturated heterocycles. The van der Waals surface area contributed by atoms with Crippen LogP contribution in [-0.2, 0) is 6.42 Å². The summed E-state index contributed by atoms with van der Waals surface area (Å²) < 4.78 is 25.8. The number of anilines is 2. The zero-order chi connectivity index (χ0) is 35.5. The van der Waals surface area contributed by atoms with Crippen LogP contribution in [0.1, 0.15) is 77.6 Å². The van der Waals surface area contributed by atoms with Gasteiger partial charge in [-0.3, -0.25) is 9.69 Å². The van der Waals surface area contributed by atoms with Crippen molar-refractivity contribution in [2.45, 2.75) is 51.4 Å². The van der Waals surface area contributed by atoms with E-state index in [2.05, 4.69) is 58.0 Å². The van der Waals surface area contributed by atoms with Gasteiger partial charge in [0, 0.05) is 92.6 Å². The molecule has 3 aliphatic rings. The van der Waals surface area contributed by atoms with E-state index in [1.54, 1.807) is 18.2 Å². The summed E-state index contributed by atoms with van der Waals surface area (Å²) in [5.74, 6) is 1.55. The summed E-state index contributed by atoms with van der Waals surface area (Å²) in [5, 5.41) is 10.2. The molecular formula is C43H50FN3O4. The Balaban J connectivity index is 0.965. The normalized spacial score (nSPS) is 19.8. The third kappa shape index (κ3) is 7.43. The summed E-state index contributed by atoms with van der Waals surface area (Å²) in [4.78, 5) is 20.0. The average molecular weight is 692 g/mol. The lowest BCUT2D eigenvalue weighted by atomic mass is 9.75. The van der Waals surface area contributed by atoms with E-state index in [0.717, 1.165) is 80.1 Å². The van der Waals surface area contributed by atoms with Crippen LogP contribution in [0.25, 0.3) is 0 Å². The molecule has 0 spiro atoms. The minimum absolute atomic E-state index is 0.0249. The largest absolute Gasteiger partial charge is 0.508 e. The number of carbonyl (C=O) groups excluding carboxylic acids is 1. The Kier molecular flexibility index (Phi) is 10.5. The van der Waals surface area contributed by atoms with Gasteiger partial charge in [0.25, 0.3) is 0 Å². The highest BCUT2D eigenvalue weighted by molar-refractivity contribution is 5.97. The Hall–Kier alpha value is -4.56. The average Bonchev–Trinajstić information content (AvgIpc) is 3.17. The van der Waals surface area contributed by atoms with Crippen molar-refractivity contribution >= 4 is 17.2 Å². The molecule has 51 heavy (non-hydrogen) atoms. The van der Waals surface area contributed by atoms with Crippen molar-refractivity contribution in [3.05, 3.63) is 112 Å². The minimum Gasteiger partial charge on any atom is -0.508 e. The predicted octanol–water partition coefficient (Wildman–Crippen LogP) is 8.04. The highest BCUT2D eigenvalue weighted by atomic mass is 19.1. The first kappa shape index (κ1) is 34.9. The number of carbonyl (C=O) groups is 1. The van der Waals surface area contributed by atoms with Gasteiger partial charge in [-0.1, -0.05) is 38.1 Å². The van der Waals surface area contributed by atoms with Crippen LogP contribution in [0.3, 0.4) is 0 Å². The Bertz CT molecular complexity index is 1830. The fraction of sp³-hybridized carbons (Fsp3) is 0.419. The molecule has 2 atom stereocenters. The molecule has 0 unspecified atom stereocenters. The van der Waals surface area contributed by atoms with Crippen LogP contribution >= 0.6 is 0 Å². The van der Waals surface area contributed by atoms with Gasteiger partial charge in [-0.2, -0.15) is 0 Å². The summed E-state index contributed by atoms with van der Waals surface area (Å²) in [6, 6.07) is 25.7. The molecule has 0 radical (unpaired) electrons. The number of halogens is 1. The maximum Gasteiger partial charge on any atom is 0.165 e. The van der Waals surface area contributed by atoms with Gasteiger partial charge in [0.1, 0.15) is 11.5 Å². The summed E-state index contributed by atoms with van der Waals surface area (Å²) in [6.07, 6.45) is 3.79. The first-order valence-electron chi connectivity index (χ1n) is 18.6. The molecule has 0 aromatic heterocycles. The number of methoxy groups -OCH3 is 1. The second-order valence-corrected chi connectivity index (χ2v) is 14.3. The van der Waals surface area contributed by atoms with Gasteiger partial charge in [0.2, 0.25) is 0 Å². The van der Waals surface area contributed by atoms with Crippen LogP contribution in [0.5, 0.6) is 17.2 Å². The molecule has 2 fully saturated rings. The SMILES string of the molecule is CCC(=O)c1ccc(N2CCN(CC3CCN(c4ccc([C@@H]5c6ccc(O)cc6OC[C@@H]5c5ccc(F)c(OC)c5)cc4)CC3)CC2)cc1CC. The first-order valence-corrected chi connectivity index (χ1v) is 18.6. The molecule has 0 amide bonds. The predicted molar refractivity (Wildman–Crippen MR) is 202 cm³/mol. The fourth-order valence-corrected chi connectivity index (χ4v) is 8.36. The lowest BCUT2D eigenvalue weighted by Gasteiger charge is -2.40. The quantitative estimate of drug-likeness (QED) is 0.169. The third-order valence-corrected chi connectivity index (χ3v) is 11.3. The van der Waals surface area contributed by atoms with Gasteiger partial charge in [0.15, 0.2) is 17.3 Å². The summed E-state index contributed by atoms with van der Waals surface area (Å²) in [5.41, 5.74) is 7.64.